The van der Waals surface area contributed by atoms with Crippen LogP contribution in [0, 0.1) is 11.8 Å². The number of hydrogen-bond acceptors (Lipinski definition) is 3. The molecule has 0 bridgehead atoms. The molecule has 1 aliphatic heterocycles. The van der Waals surface area contributed by atoms with Gasteiger partial charge in [0.1, 0.15) is 0 Å². The molecule has 120 valence electrons. The second kappa shape index (κ2) is 8.37. The van der Waals surface area contributed by atoms with Gasteiger partial charge in [0.25, 0.3) is 0 Å². The largest absolute Gasteiger partial charge is 0.481 e. The summed E-state index contributed by atoms with van der Waals surface area (Å²) in [5.41, 5.74) is 0. The number of carboxylic acids is 1. The number of carbonyl (C=O) groups is 2. The van der Waals surface area contributed by atoms with Crippen molar-refractivity contribution in [2.75, 3.05) is 13.1 Å². The summed E-state index contributed by atoms with van der Waals surface area (Å²) in [6, 6.07) is 0.478. The summed E-state index contributed by atoms with van der Waals surface area (Å²) in [6.07, 6.45) is 8.83. The minimum absolute atomic E-state index is 0.0667. The molecule has 0 aromatic heterocycles. The molecule has 0 spiro atoms. The molecular formula is C16H28N2O3. The summed E-state index contributed by atoms with van der Waals surface area (Å²) >= 11 is 0. The smallest absolute Gasteiger partial charge is 0.306 e. The number of amides is 1. The molecule has 5 heteroatoms. The third kappa shape index (κ3) is 5.30. The van der Waals surface area contributed by atoms with Crippen molar-refractivity contribution in [1.29, 1.82) is 0 Å². The zero-order valence-electron chi connectivity index (χ0n) is 12.8. The van der Waals surface area contributed by atoms with Gasteiger partial charge in [-0.2, -0.15) is 0 Å². The molecule has 0 radical (unpaired) electrons. The topological polar surface area (TPSA) is 78.4 Å². The summed E-state index contributed by atoms with van der Waals surface area (Å²) in [7, 11) is 0. The third-order valence-corrected chi connectivity index (χ3v) is 4.92. The first kappa shape index (κ1) is 16.3. The van der Waals surface area contributed by atoms with Crippen molar-refractivity contribution < 1.29 is 14.7 Å². The van der Waals surface area contributed by atoms with E-state index in [0.29, 0.717) is 19.0 Å². The second-order valence-corrected chi connectivity index (χ2v) is 6.48. The van der Waals surface area contributed by atoms with Gasteiger partial charge in [-0.1, -0.05) is 19.3 Å². The summed E-state index contributed by atoms with van der Waals surface area (Å²) < 4.78 is 0. The predicted molar refractivity (Wildman–Crippen MR) is 81.0 cm³/mol. The maximum Gasteiger partial charge on any atom is 0.306 e. The summed E-state index contributed by atoms with van der Waals surface area (Å²) in [5, 5.41) is 15.6. The fourth-order valence-electron chi connectivity index (χ4n) is 3.59. The first-order valence-electron chi connectivity index (χ1n) is 8.39. The highest BCUT2D eigenvalue weighted by Crippen LogP contribution is 2.29. The van der Waals surface area contributed by atoms with Gasteiger partial charge >= 0.3 is 5.97 Å². The molecule has 1 saturated carbocycles. The molecular weight excluding hydrogens is 268 g/mol. The number of rotatable bonds is 6. The fraction of sp³-hybridized carbons (Fsp3) is 0.875. The van der Waals surface area contributed by atoms with Crippen LogP contribution >= 0.6 is 0 Å². The molecule has 2 rings (SSSR count). The van der Waals surface area contributed by atoms with E-state index in [1.807, 2.05) is 0 Å². The van der Waals surface area contributed by atoms with Crippen molar-refractivity contribution in [3.8, 4) is 0 Å². The molecule has 1 amide bonds. The van der Waals surface area contributed by atoms with Crippen LogP contribution in [0.2, 0.25) is 0 Å². The van der Waals surface area contributed by atoms with Gasteiger partial charge in [0.05, 0.1) is 5.92 Å². The number of hydrogen-bond donors (Lipinski definition) is 3. The van der Waals surface area contributed by atoms with Gasteiger partial charge in [0.15, 0.2) is 0 Å². The second-order valence-electron chi connectivity index (χ2n) is 6.48. The number of piperidine rings is 1. The molecule has 0 aromatic carbocycles. The Morgan fingerprint density at radius 2 is 1.86 bits per heavy atom. The van der Waals surface area contributed by atoms with Crippen molar-refractivity contribution >= 4 is 11.9 Å². The number of aliphatic carboxylic acids is 1. The van der Waals surface area contributed by atoms with E-state index in [1.165, 1.54) is 12.8 Å². The van der Waals surface area contributed by atoms with E-state index in [0.717, 1.165) is 45.1 Å². The molecule has 0 aromatic rings. The molecule has 1 saturated heterocycles. The maximum absolute atomic E-state index is 11.9. The Hall–Kier alpha value is -1.10. The minimum Gasteiger partial charge on any atom is -0.481 e. The average Bonchev–Trinajstić information content (AvgIpc) is 2.52. The average molecular weight is 296 g/mol. The Morgan fingerprint density at radius 3 is 2.57 bits per heavy atom. The number of carbonyl (C=O) groups excluding carboxylic acids is 1. The van der Waals surface area contributed by atoms with Gasteiger partial charge < -0.3 is 15.7 Å². The standard InChI is InChI=1S/C16H28N2O3/c19-15(9-8-13-6-3-4-10-17-13)18-11-12-5-1-2-7-14(12)16(20)21/h12-14,17H,1-11H2,(H,18,19)(H,20,21). The molecule has 1 heterocycles. The Balaban J connectivity index is 1.66. The fourth-order valence-corrected chi connectivity index (χ4v) is 3.59. The Labute approximate surface area is 126 Å². The van der Waals surface area contributed by atoms with Gasteiger partial charge in [-0.15, -0.1) is 0 Å². The van der Waals surface area contributed by atoms with Gasteiger partial charge in [-0.25, -0.2) is 0 Å². The highest BCUT2D eigenvalue weighted by molar-refractivity contribution is 5.76. The van der Waals surface area contributed by atoms with Crippen LogP contribution in [0.15, 0.2) is 0 Å². The van der Waals surface area contributed by atoms with Crippen LogP contribution < -0.4 is 10.6 Å². The van der Waals surface area contributed by atoms with Crippen LogP contribution in [-0.2, 0) is 9.59 Å². The molecule has 3 atom stereocenters. The van der Waals surface area contributed by atoms with Crippen LogP contribution in [0.3, 0.4) is 0 Å². The van der Waals surface area contributed by atoms with Gasteiger partial charge in [-0.3, -0.25) is 9.59 Å². The lowest BCUT2D eigenvalue weighted by Gasteiger charge is -2.28. The number of nitrogens with one attached hydrogen (secondary N) is 2. The summed E-state index contributed by atoms with van der Waals surface area (Å²) in [6.45, 7) is 1.59. The van der Waals surface area contributed by atoms with Crippen LogP contribution in [0.4, 0.5) is 0 Å². The minimum atomic E-state index is -0.708. The van der Waals surface area contributed by atoms with E-state index < -0.39 is 5.97 Å². The van der Waals surface area contributed by atoms with Crippen LogP contribution in [0.1, 0.15) is 57.8 Å². The van der Waals surface area contributed by atoms with Crippen molar-refractivity contribution in [3.63, 3.8) is 0 Å². The first-order chi connectivity index (χ1) is 10.2. The molecule has 3 unspecified atom stereocenters. The predicted octanol–water partition coefficient (Wildman–Crippen LogP) is 1.92. The SMILES string of the molecule is O=C(CCC1CCCCN1)NCC1CCCCC1C(=O)O. The summed E-state index contributed by atoms with van der Waals surface area (Å²) in [5.74, 6) is -0.815. The van der Waals surface area contributed by atoms with Gasteiger partial charge in [0, 0.05) is 19.0 Å². The monoisotopic (exact) mass is 296 g/mol. The first-order valence-corrected chi connectivity index (χ1v) is 8.39. The van der Waals surface area contributed by atoms with E-state index in [2.05, 4.69) is 10.6 Å². The quantitative estimate of drug-likeness (QED) is 0.699. The Bertz CT molecular complexity index is 353. The van der Waals surface area contributed by atoms with Crippen LogP contribution in [0.5, 0.6) is 0 Å². The Morgan fingerprint density at radius 1 is 1.10 bits per heavy atom. The van der Waals surface area contributed by atoms with E-state index >= 15 is 0 Å². The number of carboxylic acid groups (broad SMARTS) is 1. The van der Waals surface area contributed by atoms with Crippen LogP contribution in [0.25, 0.3) is 0 Å². The molecule has 1 aliphatic carbocycles. The van der Waals surface area contributed by atoms with Crippen molar-refractivity contribution in [2.45, 2.75) is 63.8 Å². The normalized spacial score (nSPS) is 29.8. The van der Waals surface area contributed by atoms with Crippen molar-refractivity contribution in [3.05, 3.63) is 0 Å². The van der Waals surface area contributed by atoms with E-state index in [9.17, 15) is 14.7 Å². The lowest BCUT2D eigenvalue weighted by molar-refractivity contribution is -0.145. The zero-order chi connectivity index (χ0) is 15.1. The third-order valence-electron chi connectivity index (χ3n) is 4.92. The van der Waals surface area contributed by atoms with Crippen LogP contribution in [-0.4, -0.2) is 36.1 Å². The highest BCUT2D eigenvalue weighted by atomic mass is 16.4. The molecule has 5 nitrogen and oxygen atoms in total. The van der Waals surface area contributed by atoms with E-state index in [1.54, 1.807) is 0 Å². The van der Waals surface area contributed by atoms with Crippen molar-refractivity contribution in [1.82, 2.24) is 10.6 Å². The molecule has 2 aliphatic rings. The van der Waals surface area contributed by atoms with Gasteiger partial charge in [0.2, 0.25) is 5.91 Å². The molecule has 21 heavy (non-hydrogen) atoms. The van der Waals surface area contributed by atoms with E-state index in [4.69, 9.17) is 0 Å². The molecule has 2 fully saturated rings. The van der Waals surface area contributed by atoms with Crippen molar-refractivity contribution in [2.24, 2.45) is 11.8 Å². The molecule has 3 N–H and O–H groups in total. The lowest BCUT2D eigenvalue weighted by atomic mass is 9.79. The maximum atomic E-state index is 11.9. The lowest BCUT2D eigenvalue weighted by Crippen LogP contribution is -2.38. The summed E-state index contributed by atoms with van der Waals surface area (Å²) in [4.78, 5) is 23.1. The van der Waals surface area contributed by atoms with E-state index in [-0.39, 0.29) is 17.7 Å². The Kier molecular flexibility index (Phi) is 6.49. The van der Waals surface area contributed by atoms with Gasteiger partial charge in [-0.05, 0) is 44.6 Å². The zero-order valence-corrected chi connectivity index (χ0v) is 12.8. The highest BCUT2D eigenvalue weighted by Gasteiger charge is 2.30.